The highest BCUT2D eigenvalue weighted by Gasteiger charge is 2.18. The lowest BCUT2D eigenvalue weighted by molar-refractivity contribution is -0.419. The first-order valence-electron chi connectivity index (χ1n) is 7.53. The molecule has 0 heterocycles. The van der Waals surface area contributed by atoms with Crippen molar-refractivity contribution in [3.05, 3.63) is 32.9 Å². The summed E-state index contributed by atoms with van der Waals surface area (Å²) in [7, 11) is 0. The molecule has 0 aromatic carbocycles. The van der Waals surface area contributed by atoms with E-state index in [9.17, 15) is 14.9 Å². The van der Waals surface area contributed by atoms with Gasteiger partial charge in [0.1, 0.15) is 0 Å². The van der Waals surface area contributed by atoms with E-state index < -0.39 is 16.9 Å². The lowest BCUT2D eigenvalue weighted by atomic mass is 10.2. The van der Waals surface area contributed by atoms with Gasteiger partial charge in [0.25, 0.3) is 5.70 Å². The molecule has 22 heavy (non-hydrogen) atoms. The lowest BCUT2D eigenvalue weighted by Gasteiger charge is -2.09. The van der Waals surface area contributed by atoms with E-state index in [1.165, 1.54) is 17.8 Å². The van der Waals surface area contributed by atoms with E-state index in [0.717, 1.165) is 0 Å². The van der Waals surface area contributed by atoms with E-state index >= 15 is 0 Å². The van der Waals surface area contributed by atoms with Crippen LogP contribution < -0.4 is 5.73 Å². The zero-order valence-electron chi connectivity index (χ0n) is 14.5. The summed E-state index contributed by atoms with van der Waals surface area (Å²) in [6, 6.07) is -0.516. The van der Waals surface area contributed by atoms with Gasteiger partial charge in [0.15, 0.2) is 0 Å². The van der Waals surface area contributed by atoms with Gasteiger partial charge in [-0.05, 0) is 19.4 Å². The van der Waals surface area contributed by atoms with Crippen LogP contribution in [0.2, 0.25) is 0 Å². The minimum absolute atomic E-state index is 0.0318. The Balaban J connectivity index is -0.000000826. The molecule has 0 spiro atoms. The quantitative estimate of drug-likeness (QED) is 0.394. The van der Waals surface area contributed by atoms with Crippen LogP contribution in [0, 0.1) is 10.1 Å². The molecule has 0 aliphatic carbocycles. The molecule has 130 valence electrons. The number of nitrogens with zero attached hydrogens (tertiary/aromatic N) is 1. The SMILES string of the molecule is C/C=C(\C(=C/CC)SCC(N)CC(=O)O)[N+](=O)[O-].CC.CC. The molecule has 0 aliphatic rings. The Bertz CT molecular complexity index is 369. The van der Waals surface area contributed by atoms with E-state index in [-0.39, 0.29) is 12.1 Å². The highest BCUT2D eigenvalue weighted by Crippen LogP contribution is 2.26. The van der Waals surface area contributed by atoms with Crippen LogP contribution in [-0.2, 0) is 4.79 Å². The summed E-state index contributed by atoms with van der Waals surface area (Å²) in [4.78, 5) is 21.4. The van der Waals surface area contributed by atoms with E-state index in [1.54, 1.807) is 13.0 Å². The first-order chi connectivity index (χ1) is 10.4. The third-order valence-corrected chi connectivity index (χ3v) is 3.28. The van der Waals surface area contributed by atoms with Crippen LogP contribution in [0.4, 0.5) is 0 Å². The Hall–Kier alpha value is -1.34. The van der Waals surface area contributed by atoms with Gasteiger partial charge < -0.3 is 10.8 Å². The van der Waals surface area contributed by atoms with Gasteiger partial charge in [-0.1, -0.05) is 40.7 Å². The summed E-state index contributed by atoms with van der Waals surface area (Å²) in [5.74, 6) is -0.631. The van der Waals surface area contributed by atoms with Crippen molar-refractivity contribution in [1.82, 2.24) is 0 Å². The van der Waals surface area contributed by atoms with Crippen molar-refractivity contribution in [2.75, 3.05) is 5.75 Å². The zero-order chi connectivity index (χ0) is 18.1. The molecule has 6 nitrogen and oxygen atoms in total. The van der Waals surface area contributed by atoms with Crippen LogP contribution in [-0.4, -0.2) is 27.8 Å². The van der Waals surface area contributed by atoms with Crippen molar-refractivity contribution in [3.63, 3.8) is 0 Å². The maximum Gasteiger partial charge on any atom is 0.304 e. The Morgan fingerprint density at radius 1 is 1.36 bits per heavy atom. The molecular formula is C15H30N2O4S. The summed E-state index contributed by atoms with van der Waals surface area (Å²) < 4.78 is 0. The maximum atomic E-state index is 10.8. The molecule has 1 unspecified atom stereocenters. The molecule has 1 atom stereocenters. The average molecular weight is 334 g/mol. The molecule has 7 heteroatoms. The predicted molar refractivity (Wildman–Crippen MR) is 94.5 cm³/mol. The molecule has 0 radical (unpaired) electrons. The van der Waals surface area contributed by atoms with Crippen LogP contribution in [0.5, 0.6) is 0 Å². The number of carboxylic acids is 1. The summed E-state index contributed by atoms with van der Waals surface area (Å²) in [5.41, 5.74) is 5.65. The van der Waals surface area contributed by atoms with Crippen molar-refractivity contribution < 1.29 is 14.8 Å². The number of thioether (sulfide) groups is 1. The third-order valence-electron chi connectivity index (χ3n) is 2.00. The van der Waals surface area contributed by atoms with E-state index in [1.807, 2.05) is 34.6 Å². The second kappa shape index (κ2) is 17.7. The second-order valence-electron chi connectivity index (χ2n) is 3.58. The molecule has 0 aliphatic heterocycles. The zero-order valence-corrected chi connectivity index (χ0v) is 15.3. The highest BCUT2D eigenvalue weighted by atomic mass is 32.2. The minimum Gasteiger partial charge on any atom is -0.481 e. The first-order valence-corrected chi connectivity index (χ1v) is 8.52. The molecule has 0 saturated heterocycles. The summed E-state index contributed by atoms with van der Waals surface area (Å²) >= 11 is 1.22. The van der Waals surface area contributed by atoms with Crippen LogP contribution in [0.3, 0.4) is 0 Å². The molecule has 0 rings (SSSR count). The Kier molecular flexibility index (Phi) is 20.6. The van der Waals surface area contributed by atoms with Gasteiger partial charge in [-0.25, -0.2) is 0 Å². The van der Waals surface area contributed by atoms with E-state index in [2.05, 4.69) is 0 Å². The Labute approximate surface area is 138 Å². The summed E-state index contributed by atoms with van der Waals surface area (Å²) in [6.45, 7) is 11.5. The van der Waals surface area contributed by atoms with Crippen molar-refractivity contribution in [2.24, 2.45) is 5.73 Å². The number of nitrogens with two attached hydrogens (primary N) is 1. The van der Waals surface area contributed by atoms with Crippen LogP contribution in [0.25, 0.3) is 0 Å². The molecule has 0 bridgehead atoms. The normalized spacial score (nSPS) is 12.3. The highest BCUT2D eigenvalue weighted by molar-refractivity contribution is 8.03. The monoisotopic (exact) mass is 334 g/mol. The smallest absolute Gasteiger partial charge is 0.304 e. The number of hydrogen-bond acceptors (Lipinski definition) is 5. The maximum absolute atomic E-state index is 10.8. The second-order valence-corrected chi connectivity index (χ2v) is 4.64. The van der Waals surface area contributed by atoms with Gasteiger partial charge in [-0.15, -0.1) is 11.8 Å². The molecule has 0 amide bonds. The van der Waals surface area contributed by atoms with Crippen LogP contribution in [0.1, 0.15) is 54.4 Å². The predicted octanol–water partition coefficient (Wildman–Crippen LogP) is 4.05. The standard InChI is InChI=1S/C11H18N2O4S.2C2H6/c1-3-5-10(9(4-2)13(16)17)18-7-8(12)6-11(14)15;2*1-2/h4-5,8H,3,6-7,12H2,1-2H3,(H,14,15);2*1-2H3/b9-4+,10-5+;;. The summed E-state index contributed by atoms with van der Waals surface area (Å²) in [5, 5.41) is 19.4. The Morgan fingerprint density at radius 2 is 1.86 bits per heavy atom. The number of carboxylic acid groups (broad SMARTS) is 1. The number of hydrogen-bond donors (Lipinski definition) is 2. The fraction of sp³-hybridized carbons (Fsp3) is 0.667. The fourth-order valence-electron chi connectivity index (χ4n) is 1.24. The third kappa shape index (κ3) is 13.6. The van der Waals surface area contributed by atoms with Crippen molar-refractivity contribution in [1.29, 1.82) is 0 Å². The number of allylic oxidation sites excluding steroid dienone is 2. The number of nitro groups is 1. The van der Waals surface area contributed by atoms with Gasteiger partial charge in [-0.2, -0.15) is 0 Å². The largest absolute Gasteiger partial charge is 0.481 e. The minimum atomic E-state index is -0.968. The van der Waals surface area contributed by atoms with E-state index in [4.69, 9.17) is 10.8 Å². The van der Waals surface area contributed by atoms with Crippen LogP contribution >= 0.6 is 11.8 Å². The molecule has 0 saturated carbocycles. The molecule has 3 N–H and O–H groups in total. The topological polar surface area (TPSA) is 106 Å². The molecular weight excluding hydrogens is 304 g/mol. The fourth-order valence-corrected chi connectivity index (χ4v) is 2.38. The van der Waals surface area contributed by atoms with E-state index in [0.29, 0.717) is 17.1 Å². The molecule has 0 fully saturated rings. The number of carbonyl (C=O) groups is 1. The Morgan fingerprint density at radius 3 is 2.18 bits per heavy atom. The van der Waals surface area contributed by atoms with Crippen LogP contribution in [0.15, 0.2) is 22.8 Å². The van der Waals surface area contributed by atoms with Crippen molar-refractivity contribution in [3.8, 4) is 0 Å². The average Bonchev–Trinajstić information content (AvgIpc) is 2.48. The number of aliphatic carboxylic acids is 1. The van der Waals surface area contributed by atoms with Gasteiger partial charge in [-0.3, -0.25) is 14.9 Å². The first kappa shape index (κ1) is 25.6. The van der Waals surface area contributed by atoms with Gasteiger partial charge >= 0.3 is 5.97 Å². The summed E-state index contributed by atoms with van der Waals surface area (Å²) in [6.07, 6.45) is 3.70. The number of rotatable bonds is 8. The van der Waals surface area contributed by atoms with Gasteiger partial charge in [0.2, 0.25) is 0 Å². The molecule has 0 aromatic heterocycles. The van der Waals surface area contributed by atoms with Gasteiger partial charge in [0.05, 0.1) is 16.2 Å². The van der Waals surface area contributed by atoms with Crippen molar-refractivity contribution in [2.45, 2.75) is 60.4 Å². The van der Waals surface area contributed by atoms with Crippen molar-refractivity contribution >= 4 is 17.7 Å². The van der Waals surface area contributed by atoms with Gasteiger partial charge in [0, 0.05) is 11.8 Å². The molecule has 0 aromatic rings. The lowest BCUT2D eigenvalue weighted by Crippen LogP contribution is -2.26.